The first-order chi connectivity index (χ1) is 8.00. The zero-order valence-electron chi connectivity index (χ0n) is 9.99. The summed E-state index contributed by atoms with van der Waals surface area (Å²) in [5.74, 6) is -3.86. The van der Waals surface area contributed by atoms with E-state index in [1.807, 2.05) is 0 Å². The molecule has 0 bridgehead atoms. The minimum absolute atomic E-state index is 0. The molecule has 0 aliphatic rings. The molecule has 0 heterocycles. The first-order valence-corrected chi connectivity index (χ1v) is 4.59. The number of carbonyl (C=O) groups is 4. The average molecular weight is 363 g/mol. The van der Waals surface area contributed by atoms with Gasteiger partial charge in [-0.05, 0) is 6.42 Å². The van der Waals surface area contributed by atoms with E-state index in [1.165, 1.54) is 0 Å². The average Bonchev–Trinajstić information content (AvgIpc) is 2.11. The summed E-state index contributed by atoms with van der Waals surface area (Å²) in [5.41, 5.74) is 5.00. The number of rotatable bonds is 4. The molecule has 13 heteroatoms. The first-order valence-electron chi connectivity index (χ1n) is 4.59. The second-order valence-corrected chi connectivity index (χ2v) is 2.92. The van der Waals surface area contributed by atoms with Gasteiger partial charge in [-0.25, -0.2) is 0 Å². The van der Waals surface area contributed by atoms with Crippen LogP contribution >= 0.6 is 0 Å². The molecule has 1 unspecified atom stereocenters. The molecular weight excluding hydrogens is 342 g/mol. The molecule has 0 fully saturated rings. The Kier molecular flexibility index (Phi) is 61.2. The molecule has 0 radical (unpaired) electrons. The quantitative estimate of drug-likeness (QED) is 0.323. The summed E-state index contributed by atoms with van der Waals surface area (Å²) in [6.07, 6.45) is -0.224. The summed E-state index contributed by atoms with van der Waals surface area (Å²) in [6.45, 7) is 2.17. The molecule has 0 rings (SSSR count). The van der Waals surface area contributed by atoms with Gasteiger partial charge in [0.2, 0.25) is 0 Å². The van der Waals surface area contributed by atoms with Crippen LogP contribution in [0.5, 0.6) is 0 Å². The topological polar surface area (TPSA) is 175 Å². The van der Waals surface area contributed by atoms with Crippen LogP contribution in [0.25, 0.3) is 0 Å². The Morgan fingerprint density at radius 1 is 0.818 bits per heavy atom. The SMILES string of the molecule is CC(=O)O.CC(=O)O.NC(CCC(=O)O)C(=O)O.[NaH].[NaH].[NaH].[NaH]. The van der Waals surface area contributed by atoms with E-state index in [0.29, 0.717) is 0 Å². The molecule has 22 heavy (non-hydrogen) atoms. The molecule has 0 aromatic rings. The van der Waals surface area contributed by atoms with Crippen molar-refractivity contribution in [2.75, 3.05) is 0 Å². The fraction of sp³-hybridized carbons (Fsp3) is 0.556. The number of nitrogens with two attached hydrogens (primary N) is 1. The van der Waals surface area contributed by atoms with E-state index in [1.54, 1.807) is 0 Å². The number of hydrogen-bond acceptors (Lipinski definition) is 5. The van der Waals surface area contributed by atoms with Crippen molar-refractivity contribution >= 4 is 142 Å². The van der Waals surface area contributed by atoms with Gasteiger partial charge in [-0.3, -0.25) is 19.2 Å². The van der Waals surface area contributed by atoms with Crippen LogP contribution in [0, 0.1) is 0 Å². The van der Waals surface area contributed by atoms with Crippen molar-refractivity contribution in [2.24, 2.45) is 5.73 Å². The summed E-state index contributed by atoms with van der Waals surface area (Å²) in [4.78, 5) is 37.9. The summed E-state index contributed by atoms with van der Waals surface area (Å²) in [5, 5.41) is 31.1. The first kappa shape index (κ1) is 43.9. The molecule has 6 N–H and O–H groups in total. The van der Waals surface area contributed by atoms with Crippen molar-refractivity contribution in [1.82, 2.24) is 0 Å². The van der Waals surface area contributed by atoms with Gasteiger partial charge in [0.1, 0.15) is 6.04 Å². The van der Waals surface area contributed by atoms with Gasteiger partial charge < -0.3 is 26.2 Å². The molecule has 0 aliphatic heterocycles. The van der Waals surface area contributed by atoms with Gasteiger partial charge in [0, 0.05) is 20.3 Å². The molecule has 0 aliphatic carbocycles. The Morgan fingerprint density at radius 2 is 1.05 bits per heavy atom. The van der Waals surface area contributed by atoms with Crippen LogP contribution in [-0.2, 0) is 19.2 Å². The summed E-state index contributed by atoms with van der Waals surface area (Å²) in [6, 6.07) is -1.06. The van der Waals surface area contributed by atoms with Gasteiger partial charge in [0.05, 0.1) is 0 Å². The predicted octanol–water partition coefficient (Wildman–Crippen LogP) is -3.15. The Morgan fingerprint density at radius 3 is 1.18 bits per heavy atom. The molecule has 0 saturated heterocycles. The third-order valence-electron chi connectivity index (χ3n) is 0.986. The molecule has 0 aromatic heterocycles. The van der Waals surface area contributed by atoms with E-state index in [2.05, 4.69) is 0 Å². The molecule has 0 saturated carbocycles. The Hall–Kier alpha value is 1.84. The maximum atomic E-state index is 9.99. The molecule has 1 atom stereocenters. The van der Waals surface area contributed by atoms with Crippen molar-refractivity contribution < 1.29 is 39.6 Å². The fourth-order valence-electron chi connectivity index (χ4n) is 0.402. The van der Waals surface area contributed by atoms with Crippen LogP contribution in [-0.4, -0.2) is 169 Å². The third kappa shape index (κ3) is 80.7. The molecule has 0 aromatic carbocycles. The van der Waals surface area contributed by atoms with Gasteiger partial charge in [-0.2, -0.15) is 0 Å². The van der Waals surface area contributed by atoms with Crippen LogP contribution < -0.4 is 5.73 Å². The molecule has 0 spiro atoms. The second kappa shape index (κ2) is 30.7. The van der Waals surface area contributed by atoms with Crippen molar-refractivity contribution in [3.05, 3.63) is 0 Å². The van der Waals surface area contributed by atoms with E-state index in [0.717, 1.165) is 13.8 Å². The van der Waals surface area contributed by atoms with E-state index in [9.17, 15) is 9.59 Å². The van der Waals surface area contributed by atoms with Crippen LogP contribution in [0.1, 0.15) is 26.7 Å². The van der Waals surface area contributed by atoms with Crippen LogP contribution in [0.4, 0.5) is 0 Å². The number of carboxylic acids is 4. The van der Waals surface area contributed by atoms with E-state index >= 15 is 0 Å². The van der Waals surface area contributed by atoms with Gasteiger partial charge in [-0.1, -0.05) is 0 Å². The van der Waals surface area contributed by atoms with E-state index < -0.39 is 29.9 Å². The van der Waals surface area contributed by atoms with E-state index in [4.69, 9.17) is 35.7 Å². The molecule has 0 amide bonds. The number of carboxylic acid groups (broad SMARTS) is 4. The van der Waals surface area contributed by atoms with Crippen molar-refractivity contribution in [3.63, 3.8) is 0 Å². The number of aliphatic carboxylic acids is 4. The summed E-state index contributed by atoms with van der Waals surface area (Å²) < 4.78 is 0. The van der Waals surface area contributed by atoms with Crippen LogP contribution in [0.15, 0.2) is 0 Å². The zero-order chi connectivity index (χ0) is 15.3. The molecular formula is C9H21NNa4O8. The minimum atomic E-state index is -1.17. The van der Waals surface area contributed by atoms with Crippen molar-refractivity contribution in [1.29, 1.82) is 0 Å². The van der Waals surface area contributed by atoms with Gasteiger partial charge in [-0.15, -0.1) is 0 Å². The molecule has 114 valence electrons. The molecule has 9 nitrogen and oxygen atoms in total. The van der Waals surface area contributed by atoms with Crippen molar-refractivity contribution in [3.8, 4) is 0 Å². The van der Waals surface area contributed by atoms with Gasteiger partial charge >= 0.3 is 130 Å². The third-order valence-corrected chi connectivity index (χ3v) is 0.986. The van der Waals surface area contributed by atoms with E-state index in [-0.39, 0.29) is 131 Å². The summed E-state index contributed by atoms with van der Waals surface area (Å²) >= 11 is 0. The van der Waals surface area contributed by atoms with Crippen LogP contribution in [0.2, 0.25) is 0 Å². The van der Waals surface area contributed by atoms with Gasteiger partial charge in [0.15, 0.2) is 0 Å². The number of hydrogen-bond donors (Lipinski definition) is 5. The fourth-order valence-corrected chi connectivity index (χ4v) is 0.402. The normalized spacial score (nSPS) is 7.95. The van der Waals surface area contributed by atoms with Gasteiger partial charge in [0.25, 0.3) is 11.9 Å². The standard InChI is InChI=1S/C5H9NO4.2C2H4O2.4Na.4H/c6-3(5(9)10)1-2-4(7)8;2*1-2(3)4;;;;;;;;/h3H,1-2,6H2,(H,7,8)(H,9,10);2*1H3,(H,3,4);;;;;;;;. The maximum absolute atomic E-state index is 9.99. The Balaban J connectivity index is -0.0000000325. The summed E-state index contributed by atoms with van der Waals surface area (Å²) in [7, 11) is 0. The predicted molar refractivity (Wildman–Crippen MR) is 87.7 cm³/mol. The monoisotopic (exact) mass is 363 g/mol. The Bertz CT molecular complexity index is 283. The second-order valence-electron chi connectivity index (χ2n) is 2.92. The Labute approximate surface area is 216 Å². The van der Waals surface area contributed by atoms with Crippen LogP contribution in [0.3, 0.4) is 0 Å². The van der Waals surface area contributed by atoms with Crippen molar-refractivity contribution in [2.45, 2.75) is 32.7 Å². The zero-order valence-corrected chi connectivity index (χ0v) is 9.99.